The monoisotopic (exact) mass is 467 g/mol. The number of nitrogens with zero attached hydrogens (tertiary/aromatic N) is 4. The fourth-order valence-corrected chi connectivity index (χ4v) is 5.48. The third-order valence-corrected chi connectivity index (χ3v) is 7.30. The lowest BCUT2D eigenvalue weighted by molar-refractivity contribution is -0.111. The number of piperidine rings is 1. The highest BCUT2D eigenvalue weighted by atomic mass is 19.1. The van der Waals surface area contributed by atoms with Gasteiger partial charge in [-0.1, -0.05) is 36.4 Å². The van der Waals surface area contributed by atoms with Crippen LogP contribution in [0.5, 0.6) is 0 Å². The van der Waals surface area contributed by atoms with Crippen molar-refractivity contribution < 1.29 is 9.18 Å². The zero-order chi connectivity index (χ0) is 23.8. The van der Waals surface area contributed by atoms with Gasteiger partial charge < -0.3 is 9.69 Å². The van der Waals surface area contributed by atoms with E-state index < -0.39 is 5.95 Å². The molecule has 6 nitrogen and oxygen atoms in total. The lowest BCUT2D eigenvalue weighted by Gasteiger charge is -2.30. The Hall–Kier alpha value is -3.87. The van der Waals surface area contributed by atoms with Gasteiger partial charge in [0.05, 0.1) is 16.6 Å². The Morgan fingerprint density at radius 2 is 1.80 bits per heavy atom. The Balaban J connectivity index is 1.48. The van der Waals surface area contributed by atoms with Crippen molar-refractivity contribution in [1.82, 2.24) is 20.4 Å². The number of aromatic nitrogens is 4. The number of carbonyl (C=O) groups excluding carboxylic acids is 1. The Bertz CT molecular complexity index is 1400. The Morgan fingerprint density at radius 3 is 2.54 bits per heavy atom. The normalized spacial score (nSPS) is 16.9. The number of carbonyl (C=O) groups is 1. The largest absolute Gasteiger partial charge is 0.355 e. The number of hydrogen-bond acceptors (Lipinski definition) is 5. The van der Waals surface area contributed by atoms with Gasteiger partial charge in [-0.05, 0) is 72.6 Å². The quantitative estimate of drug-likeness (QED) is 0.418. The Morgan fingerprint density at radius 1 is 0.971 bits per heavy atom. The fraction of sp³-hybridized carbons (Fsp3) is 0.286. The number of aromatic amines is 1. The van der Waals surface area contributed by atoms with Crippen molar-refractivity contribution in [3.05, 3.63) is 82.9 Å². The molecule has 6 rings (SSSR count). The summed E-state index contributed by atoms with van der Waals surface area (Å²) >= 11 is 0. The van der Waals surface area contributed by atoms with E-state index in [2.05, 4.69) is 43.5 Å². The van der Waals surface area contributed by atoms with Gasteiger partial charge >= 0.3 is 0 Å². The molecule has 0 saturated carbocycles. The fourth-order valence-electron chi connectivity index (χ4n) is 5.48. The number of aryl methyl sites for hydroxylation is 1. The molecule has 4 aromatic rings. The molecule has 0 amide bonds. The summed E-state index contributed by atoms with van der Waals surface area (Å²) in [7, 11) is 0. The minimum absolute atomic E-state index is 0.139. The molecular weight excluding hydrogens is 441 g/mol. The average Bonchev–Trinajstić information content (AvgIpc) is 3.19. The third kappa shape index (κ3) is 3.91. The highest BCUT2D eigenvalue weighted by Crippen LogP contribution is 2.41. The lowest BCUT2D eigenvalue weighted by Crippen LogP contribution is -2.34. The number of anilines is 1. The Labute approximate surface area is 202 Å². The van der Waals surface area contributed by atoms with E-state index in [4.69, 9.17) is 0 Å². The van der Waals surface area contributed by atoms with Gasteiger partial charge in [-0.25, -0.2) is 0 Å². The van der Waals surface area contributed by atoms with E-state index in [0.29, 0.717) is 10.9 Å². The molecule has 1 aliphatic heterocycles. The van der Waals surface area contributed by atoms with Crippen LogP contribution in [0, 0.1) is 11.9 Å². The molecule has 0 radical (unpaired) electrons. The molecule has 2 aromatic carbocycles. The van der Waals surface area contributed by atoms with Crippen molar-refractivity contribution in [1.29, 1.82) is 0 Å². The van der Waals surface area contributed by atoms with Crippen molar-refractivity contribution >= 4 is 34.2 Å². The van der Waals surface area contributed by atoms with Gasteiger partial charge in [-0.2, -0.15) is 4.39 Å². The van der Waals surface area contributed by atoms with Gasteiger partial charge in [0, 0.05) is 24.6 Å². The molecule has 35 heavy (non-hydrogen) atoms. The van der Waals surface area contributed by atoms with Crippen LogP contribution in [-0.4, -0.2) is 39.8 Å². The summed E-state index contributed by atoms with van der Waals surface area (Å²) in [5.41, 5.74) is 6.79. The summed E-state index contributed by atoms with van der Waals surface area (Å²) < 4.78 is 14.7. The van der Waals surface area contributed by atoms with Crippen LogP contribution in [-0.2, 0) is 11.2 Å². The van der Waals surface area contributed by atoms with Crippen LogP contribution in [0.25, 0.3) is 22.0 Å². The summed E-state index contributed by atoms with van der Waals surface area (Å²) in [5.74, 6) is 0.504. The SMILES string of the molecule is O=CC1CCN(c2ccc(C3=C(c4ccccc4)CCCc4c3ccc3[nH]nc(F)c43)nn2)CC1. The number of hydrogen-bond donors (Lipinski definition) is 1. The van der Waals surface area contributed by atoms with Crippen LogP contribution in [0.4, 0.5) is 10.2 Å². The second-order valence-electron chi connectivity index (χ2n) is 9.34. The zero-order valence-corrected chi connectivity index (χ0v) is 19.4. The van der Waals surface area contributed by atoms with Crippen LogP contribution in [0.3, 0.4) is 0 Å². The van der Waals surface area contributed by atoms with Gasteiger partial charge in [0.15, 0.2) is 5.82 Å². The van der Waals surface area contributed by atoms with Crippen LogP contribution in [0.2, 0.25) is 0 Å². The first kappa shape index (κ1) is 21.6. The smallest absolute Gasteiger partial charge is 0.240 e. The minimum atomic E-state index is -0.459. The summed E-state index contributed by atoms with van der Waals surface area (Å²) in [6.45, 7) is 1.60. The molecule has 1 aliphatic carbocycles. The summed E-state index contributed by atoms with van der Waals surface area (Å²) in [6.07, 6.45) is 5.28. The molecule has 1 fully saturated rings. The molecule has 0 atom stereocenters. The van der Waals surface area contributed by atoms with Gasteiger partial charge in [0.25, 0.3) is 0 Å². The predicted molar refractivity (Wildman–Crippen MR) is 134 cm³/mol. The summed E-state index contributed by atoms with van der Waals surface area (Å²) in [6, 6.07) is 18.3. The lowest BCUT2D eigenvalue weighted by atomic mass is 9.89. The van der Waals surface area contributed by atoms with Crippen LogP contribution in [0.1, 0.15) is 48.1 Å². The molecule has 0 bridgehead atoms. The minimum Gasteiger partial charge on any atom is -0.355 e. The van der Waals surface area contributed by atoms with E-state index >= 15 is 0 Å². The molecular formula is C28H26FN5O. The third-order valence-electron chi connectivity index (χ3n) is 7.30. The second-order valence-corrected chi connectivity index (χ2v) is 9.34. The van der Waals surface area contributed by atoms with Crippen molar-refractivity contribution in [2.24, 2.45) is 5.92 Å². The van der Waals surface area contributed by atoms with Gasteiger partial charge in [-0.3, -0.25) is 5.10 Å². The first-order valence-electron chi connectivity index (χ1n) is 12.2. The summed E-state index contributed by atoms with van der Waals surface area (Å²) in [4.78, 5) is 13.3. The maximum Gasteiger partial charge on any atom is 0.240 e. The number of H-pyrrole nitrogens is 1. The maximum atomic E-state index is 14.7. The molecule has 0 unspecified atom stereocenters. The number of allylic oxidation sites excluding steroid dienone is 1. The molecule has 0 spiro atoms. The van der Waals surface area contributed by atoms with Crippen molar-refractivity contribution in [3.63, 3.8) is 0 Å². The van der Waals surface area contributed by atoms with E-state index in [1.165, 1.54) is 5.57 Å². The predicted octanol–water partition coefficient (Wildman–Crippen LogP) is 5.20. The molecule has 1 N–H and O–H groups in total. The number of nitrogens with one attached hydrogen (secondary N) is 1. The second kappa shape index (κ2) is 9.06. The number of fused-ring (bicyclic) bond motifs is 3. The molecule has 3 heterocycles. The molecule has 1 saturated heterocycles. The zero-order valence-electron chi connectivity index (χ0n) is 19.4. The van der Waals surface area contributed by atoms with Gasteiger partial charge in [-0.15, -0.1) is 15.3 Å². The number of aldehydes is 1. The van der Waals surface area contributed by atoms with E-state index in [-0.39, 0.29) is 5.92 Å². The van der Waals surface area contributed by atoms with E-state index in [1.54, 1.807) is 0 Å². The highest BCUT2D eigenvalue weighted by Gasteiger charge is 2.25. The maximum absolute atomic E-state index is 14.7. The Kier molecular flexibility index (Phi) is 5.60. The first-order valence-corrected chi connectivity index (χ1v) is 12.2. The van der Waals surface area contributed by atoms with E-state index in [0.717, 1.165) is 85.3 Å². The van der Waals surface area contributed by atoms with Crippen molar-refractivity contribution in [2.45, 2.75) is 32.1 Å². The average molecular weight is 468 g/mol. The standard InChI is InChI=1S/C28H26FN5O/c29-28-27-21-8-4-7-20(19-5-2-1-3-6-19)26(22(21)9-10-24(27)31-33-28)23-11-12-25(32-30-23)34-15-13-18(17-35)14-16-34/h1-3,5-6,9-12,17-18H,4,7-8,13-16H2,(H,31,33). The molecule has 7 heteroatoms. The van der Waals surface area contributed by atoms with E-state index in [1.807, 2.05) is 36.4 Å². The van der Waals surface area contributed by atoms with E-state index in [9.17, 15) is 9.18 Å². The molecule has 2 aromatic heterocycles. The van der Waals surface area contributed by atoms with Crippen LogP contribution in [0.15, 0.2) is 54.6 Å². The van der Waals surface area contributed by atoms with Crippen LogP contribution >= 0.6 is 0 Å². The molecule has 2 aliphatic rings. The van der Waals surface area contributed by atoms with Crippen molar-refractivity contribution in [2.75, 3.05) is 18.0 Å². The topological polar surface area (TPSA) is 74.8 Å². The highest BCUT2D eigenvalue weighted by molar-refractivity contribution is 6.02. The van der Waals surface area contributed by atoms with Gasteiger partial charge in [0.1, 0.15) is 6.29 Å². The number of halogens is 1. The summed E-state index contributed by atoms with van der Waals surface area (Å²) in [5, 5.41) is 16.5. The number of benzene rings is 2. The van der Waals surface area contributed by atoms with Crippen molar-refractivity contribution in [3.8, 4) is 0 Å². The van der Waals surface area contributed by atoms with Gasteiger partial charge in [0.2, 0.25) is 5.95 Å². The van der Waals surface area contributed by atoms with Crippen LogP contribution < -0.4 is 4.90 Å². The first-order chi connectivity index (χ1) is 17.2. The molecule has 176 valence electrons. The number of rotatable bonds is 4.